The summed E-state index contributed by atoms with van der Waals surface area (Å²) in [6.45, 7) is 8.46. The lowest BCUT2D eigenvalue weighted by molar-refractivity contribution is 0.0724. The molecule has 1 aromatic carbocycles. The maximum absolute atomic E-state index is 12.8. The molecule has 0 heterocycles. The molecule has 5 heteroatoms. The van der Waals surface area contributed by atoms with Gasteiger partial charge in [0.1, 0.15) is 0 Å². The molecule has 1 aromatic rings. The van der Waals surface area contributed by atoms with Gasteiger partial charge in [0.2, 0.25) is 0 Å². The van der Waals surface area contributed by atoms with Gasteiger partial charge in [-0.25, -0.2) is 0 Å². The molecule has 0 aromatic heterocycles. The Hall–Kier alpha value is -1.07. The molecule has 0 atom stereocenters. The van der Waals surface area contributed by atoms with Crippen LogP contribution in [0.4, 0.5) is 5.69 Å². The summed E-state index contributed by atoms with van der Waals surface area (Å²) in [4.78, 5) is 16.9. The summed E-state index contributed by atoms with van der Waals surface area (Å²) in [6.07, 6.45) is 0. The van der Waals surface area contributed by atoms with Gasteiger partial charge in [0.05, 0.1) is 0 Å². The number of halogens is 1. The number of benzene rings is 1. The highest BCUT2D eigenvalue weighted by molar-refractivity contribution is 9.10. The average molecular weight is 356 g/mol. The van der Waals surface area contributed by atoms with E-state index in [2.05, 4.69) is 34.7 Å². The Labute approximate surface area is 136 Å². The fraction of sp³-hybridized carbons (Fsp3) is 0.562. The van der Waals surface area contributed by atoms with E-state index < -0.39 is 0 Å². The largest absolute Gasteiger partial charge is 0.398 e. The number of carbonyl (C=O) groups is 1. The van der Waals surface area contributed by atoms with Crippen molar-refractivity contribution in [3.05, 3.63) is 27.7 Å². The third kappa shape index (κ3) is 5.32. The summed E-state index contributed by atoms with van der Waals surface area (Å²) >= 11 is 3.42. The third-order valence-electron chi connectivity index (χ3n) is 3.33. The predicted molar refractivity (Wildman–Crippen MR) is 92.6 cm³/mol. The lowest BCUT2D eigenvalue weighted by Gasteiger charge is -2.27. The second-order valence-electron chi connectivity index (χ2n) is 6.12. The summed E-state index contributed by atoms with van der Waals surface area (Å²) in [5.41, 5.74) is 8.15. The number of nitrogen functional groups attached to an aromatic ring is 1. The molecule has 4 nitrogen and oxygen atoms in total. The van der Waals surface area contributed by atoms with E-state index in [0.717, 1.165) is 29.7 Å². The Morgan fingerprint density at radius 1 is 1.29 bits per heavy atom. The van der Waals surface area contributed by atoms with Crippen LogP contribution in [-0.2, 0) is 0 Å². The van der Waals surface area contributed by atoms with Crippen LogP contribution in [0.15, 0.2) is 16.6 Å². The standard InChI is InChI=1S/C16H26BrN3O/c1-11(2)10-20(7-6-19(4)5)16(21)14-8-13(17)9-15(18)12(14)3/h8-9,11H,6-7,10,18H2,1-5H3. The van der Waals surface area contributed by atoms with Gasteiger partial charge < -0.3 is 15.5 Å². The molecular weight excluding hydrogens is 330 g/mol. The Bertz CT molecular complexity index is 501. The topological polar surface area (TPSA) is 49.6 Å². The van der Waals surface area contributed by atoms with E-state index in [1.54, 1.807) is 0 Å². The Morgan fingerprint density at radius 2 is 1.90 bits per heavy atom. The second kappa shape index (κ2) is 7.80. The number of carbonyl (C=O) groups excluding carboxylic acids is 1. The molecule has 0 saturated heterocycles. The number of rotatable bonds is 6. The van der Waals surface area contributed by atoms with Gasteiger partial charge in [-0.15, -0.1) is 0 Å². The normalized spacial score (nSPS) is 11.2. The molecule has 1 rings (SSSR count). The van der Waals surface area contributed by atoms with E-state index in [-0.39, 0.29) is 5.91 Å². The highest BCUT2D eigenvalue weighted by Crippen LogP contribution is 2.24. The molecular formula is C16H26BrN3O. The number of nitrogens with zero attached hydrogens (tertiary/aromatic N) is 2. The van der Waals surface area contributed by atoms with Crippen LogP contribution in [0.1, 0.15) is 29.8 Å². The lowest BCUT2D eigenvalue weighted by Crippen LogP contribution is -2.39. The van der Waals surface area contributed by atoms with Crippen molar-refractivity contribution in [2.45, 2.75) is 20.8 Å². The Morgan fingerprint density at radius 3 is 2.43 bits per heavy atom. The fourth-order valence-electron chi connectivity index (χ4n) is 2.13. The van der Waals surface area contributed by atoms with E-state index >= 15 is 0 Å². The monoisotopic (exact) mass is 355 g/mol. The number of hydrogen-bond acceptors (Lipinski definition) is 3. The highest BCUT2D eigenvalue weighted by atomic mass is 79.9. The van der Waals surface area contributed by atoms with Gasteiger partial charge in [-0.3, -0.25) is 4.79 Å². The van der Waals surface area contributed by atoms with Crippen molar-refractivity contribution in [3.8, 4) is 0 Å². The van der Waals surface area contributed by atoms with Crippen LogP contribution in [0.2, 0.25) is 0 Å². The van der Waals surface area contributed by atoms with E-state index in [9.17, 15) is 4.79 Å². The van der Waals surface area contributed by atoms with Crippen molar-refractivity contribution < 1.29 is 4.79 Å². The van der Waals surface area contributed by atoms with Crippen LogP contribution < -0.4 is 5.73 Å². The van der Waals surface area contributed by atoms with Gasteiger partial charge in [-0.1, -0.05) is 29.8 Å². The molecule has 118 valence electrons. The second-order valence-corrected chi connectivity index (χ2v) is 7.03. The van der Waals surface area contributed by atoms with Gasteiger partial charge in [-0.2, -0.15) is 0 Å². The van der Waals surface area contributed by atoms with Crippen molar-refractivity contribution in [2.24, 2.45) is 5.92 Å². The number of nitrogens with two attached hydrogens (primary N) is 1. The van der Waals surface area contributed by atoms with Gasteiger partial charge in [0.25, 0.3) is 5.91 Å². The van der Waals surface area contributed by atoms with Gasteiger partial charge in [0.15, 0.2) is 0 Å². The van der Waals surface area contributed by atoms with Crippen LogP contribution in [0.3, 0.4) is 0 Å². The van der Waals surface area contributed by atoms with Crippen molar-refractivity contribution in [3.63, 3.8) is 0 Å². The first-order valence-corrected chi connectivity index (χ1v) is 8.01. The zero-order valence-corrected chi connectivity index (χ0v) is 15.2. The SMILES string of the molecule is Cc1c(N)cc(Br)cc1C(=O)N(CCN(C)C)CC(C)C. The first-order chi connectivity index (χ1) is 9.72. The molecule has 0 spiro atoms. The van der Waals surface area contributed by atoms with Crippen LogP contribution in [0, 0.1) is 12.8 Å². The summed E-state index contributed by atoms with van der Waals surface area (Å²) in [5, 5.41) is 0. The van der Waals surface area contributed by atoms with E-state index in [4.69, 9.17) is 5.73 Å². The van der Waals surface area contributed by atoms with Crippen molar-refractivity contribution in [1.29, 1.82) is 0 Å². The quantitative estimate of drug-likeness (QED) is 0.798. The van der Waals surface area contributed by atoms with E-state index in [1.165, 1.54) is 0 Å². The molecule has 0 bridgehead atoms. The summed E-state index contributed by atoms with van der Waals surface area (Å²) in [5.74, 6) is 0.483. The molecule has 21 heavy (non-hydrogen) atoms. The third-order valence-corrected chi connectivity index (χ3v) is 3.79. The zero-order valence-electron chi connectivity index (χ0n) is 13.6. The maximum atomic E-state index is 12.8. The van der Waals surface area contributed by atoms with Crippen LogP contribution in [-0.4, -0.2) is 49.4 Å². The van der Waals surface area contributed by atoms with Crippen LogP contribution in [0.5, 0.6) is 0 Å². The molecule has 0 fully saturated rings. The molecule has 0 saturated carbocycles. The number of anilines is 1. The fourth-order valence-corrected chi connectivity index (χ4v) is 2.61. The summed E-state index contributed by atoms with van der Waals surface area (Å²) in [6, 6.07) is 3.69. The van der Waals surface area contributed by atoms with Crippen molar-refractivity contribution in [1.82, 2.24) is 9.80 Å². The maximum Gasteiger partial charge on any atom is 0.254 e. The molecule has 0 unspecified atom stereocenters. The number of likely N-dealkylation sites (N-methyl/N-ethyl adjacent to an activating group) is 1. The van der Waals surface area contributed by atoms with Crippen molar-refractivity contribution >= 4 is 27.5 Å². The Kier molecular flexibility index (Phi) is 6.68. The summed E-state index contributed by atoms with van der Waals surface area (Å²) in [7, 11) is 4.03. The predicted octanol–water partition coefficient (Wildman–Crippen LogP) is 3.00. The van der Waals surface area contributed by atoms with Crippen LogP contribution in [0.25, 0.3) is 0 Å². The Balaban J connectivity index is 3.04. The highest BCUT2D eigenvalue weighted by Gasteiger charge is 2.20. The number of hydrogen-bond donors (Lipinski definition) is 1. The minimum absolute atomic E-state index is 0.0519. The minimum atomic E-state index is 0.0519. The van der Waals surface area contributed by atoms with E-state index in [0.29, 0.717) is 17.2 Å². The van der Waals surface area contributed by atoms with Crippen LogP contribution >= 0.6 is 15.9 Å². The molecule has 0 radical (unpaired) electrons. The van der Waals surface area contributed by atoms with Crippen molar-refractivity contribution in [2.75, 3.05) is 39.5 Å². The van der Waals surface area contributed by atoms with Gasteiger partial charge >= 0.3 is 0 Å². The smallest absolute Gasteiger partial charge is 0.254 e. The molecule has 2 N–H and O–H groups in total. The zero-order chi connectivity index (χ0) is 16.2. The average Bonchev–Trinajstić information content (AvgIpc) is 2.37. The molecule has 0 aliphatic rings. The van der Waals surface area contributed by atoms with E-state index in [1.807, 2.05) is 38.1 Å². The first kappa shape index (κ1) is 18.0. The number of amides is 1. The first-order valence-electron chi connectivity index (χ1n) is 7.22. The molecule has 0 aliphatic heterocycles. The molecule has 0 aliphatic carbocycles. The summed E-state index contributed by atoms with van der Waals surface area (Å²) < 4.78 is 0.839. The molecule has 1 amide bonds. The van der Waals surface area contributed by atoms with Gasteiger partial charge in [-0.05, 0) is 44.6 Å². The van der Waals surface area contributed by atoms with Gasteiger partial charge in [0, 0.05) is 35.4 Å². The lowest BCUT2D eigenvalue weighted by atomic mass is 10.0. The minimum Gasteiger partial charge on any atom is -0.398 e.